The molecule has 32 heavy (non-hydrogen) atoms. The van der Waals surface area contributed by atoms with Crippen molar-refractivity contribution in [2.45, 2.75) is 36.6 Å². The van der Waals surface area contributed by atoms with Crippen LogP contribution in [0.2, 0.25) is 10.0 Å². The normalized spacial score (nSPS) is 25.0. The van der Waals surface area contributed by atoms with E-state index in [1.807, 2.05) is 0 Å². The number of carbonyl (C=O) groups is 1. The van der Waals surface area contributed by atoms with Crippen molar-refractivity contribution in [1.29, 1.82) is 0 Å². The Balaban J connectivity index is 1.59. The number of aliphatic hydroxyl groups is 1. The standard InChI is InChI=1S/C21H17Cl2F3N2O3S/c1-10-4-11(2-3-15(10)18(29)27-17-9-32-19(17)30)16-8-20(31-28-16,21(24,25)26)12-5-13(22)7-14(23)6-12/h2-7,17,19,30H,8-9H2,1H3,(H,27,29). The highest BCUT2D eigenvalue weighted by atomic mass is 35.5. The second-order valence-corrected chi connectivity index (χ2v) is 9.65. The van der Waals surface area contributed by atoms with Crippen molar-refractivity contribution in [2.75, 3.05) is 5.75 Å². The number of amides is 1. The molecule has 0 bridgehead atoms. The van der Waals surface area contributed by atoms with E-state index in [0.29, 0.717) is 22.4 Å². The molecule has 2 aromatic rings. The van der Waals surface area contributed by atoms with Gasteiger partial charge in [-0.05, 0) is 48.4 Å². The lowest BCUT2D eigenvalue weighted by Gasteiger charge is -2.32. The van der Waals surface area contributed by atoms with Gasteiger partial charge in [0, 0.05) is 33.3 Å². The van der Waals surface area contributed by atoms with E-state index in [1.54, 1.807) is 13.0 Å². The number of hydrogen-bond acceptors (Lipinski definition) is 5. The number of carbonyl (C=O) groups excluding carboxylic acids is 1. The van der Waals surface area contributed by atoms with E-state index < -0.39 is 23.6 Å². The largest absolute Gasteiger partial charge is 0.435 e. The summed E-state index contributed by atoms with van der Waals surface area (Å²) in [7, 11) is 0. The van der Waals surface area contributed by atoms with Crippen LogP contribution in [0.15, 0.2) is 41.6 Å². The van der Waals surface area contributed by atoms with Gasteiger partial charge in [-0.15, -0.1) is 11.8 Å². The third-order valence-electron chi connectivity index (χ3n) is 5.43. The fourth-order valence-corrected chi connectivity index (χ4v) is 4.82. The van der Waals surface area contributed by atoms with Crippen LogP contribution in [0.3, 0.4) is 0 Å². The van der Waals surface area contributed by atoms with E-state index in [-0.39, 0.29) is 33.3 Å². The molecule has 0 spiro atoms. The maximum Gasteiger partial charge on any atom is 0.435 e. The number of alkyl halides is 3. The molecule has 2 aliphatic heterocycles. The number of rotatable bonds is 4. The highest BCUT2D eigenvalue weighted by Crippen LogP contribution is 2.49. The van der Waals surface area contributed by atoms with Crippen molar-refractivity contribution in [3.8, 4) is 0 Å². The second-order valence-electron chi connectivity index (χ2n) is 7.62. The molecule has 1 fully saturated rings. The molecule has 1 amide bonds. The van der Waals surface area contributed by atoms with Crippen molar-refractivity contribution in [1.82, 2.24) is 5.32 Å². The number of nitrogens with zero attached hydrogens (tertiary/aromatic N) is 1. The molecule has 0 aliphatic carbocycles. The summed E-state index contributed by atoms with van der Waals surface area (Å²) in [6.07, 6.45) is -5.37. The highest BCUT2D eigenvalue weighted by Gasteiger charge is 2.62. The number of oxime groups is 1. The average molecular weight is 505 g/mol. The number of aryl methyl sites for hydroxylation is 1. The van der Waals surface area contributed by atoms with Crippen LogP contribution in [0.4, 0.5) is 13.2 Å². The van der Waals surface area contributed by atoms with Gasteiger partial charge < -0.3 is 15.3 Å². The first kappa shape index (κ1) is 23.2. The summed E-state index contributed by atoms with van der Waals surface area (Å²) < 4.78 is 42.4. The molecule has 1 saturated heterocycles. The minimum Gasteiger partial charge on any atom is -0.380 e. The number of halogens is 5. The Labute approximate surface area is 195 Å². The van der Waals surface area contributed by atoms with Gasteiger partial charge in [0.15, 0.2) is 0 Å². The average Bonchev–Trinajstić information content (AvgIpc) is 3.17. The first-order valence-corrected chi connectivity index (χ1v) is 11.3. The lowest BCUT2D eigenvalue weighted by molar-refractivity contribution is -0.275. The summed E-state index contributed by atoms with van der Waals surface area (Å²) in [5, 5.41) is 16.2. The predicted octanol–water partition coefficient (Wildman–Crippen LogP) is 5.05. The molecule has 2 heterocycles. The Hall–Kier alpha value is -1.94. The smallest absolute Gasteiger partial charge is 0.380 e. The maximum absolute atomic E-state index is 14.1. The zero-order valence-corrected chi connectivity index (χ0v) is 18.9. The van der Waals surface area contributed by atoms with Crippen molar-refractivity contribution < 1.29 is 27.9 Å². The predicted molar refractivity (Wildman–Crippen MR) is 117 cm³/mol. The summed E-state index contributed by atoms with van der Waals surface area (Å²) in [4.78, 5) is 17.5. The first-order chi connectivity index (χ1) is 15.0. The van der Waals surface area contributed by atoms with Gasteiger partial charge in [-0.3, -0.25) is 4.79 Å². The molecule has 2 aromatic carbocycles. The van der Waals surface area contributed by atoms with Crippen molar-refractivity contribution in [3.63, 3.8) is 0 Å². The van der Waals surface area contributed by atoms with E-state index in [1.165, 1.54) is 30.0 Å². The number of thioether (sulfide) groups is 1. The summed E-state index contributed by atoms with van der Waals surface area (Å²) >= 11 is 13.2. The molecule has 3 atom stereocenters. The third-order valence-corrected chi connectivity index (χ3v) is 7.08. The summed E-state index contributed by atoms with van der Waals surface area (Å²) in [6.45, 7) is 1.68. The van der Waals surface area contributed by atoms with E-state index in [0.717, 1.165) is 12.1 Å². The molecule has 0 radical (unpaired) electrons. The number of nitrogens with one attached hydrogen (secondary N) is 1. The molecule has 0 saturated carbocycles. The van der Waals surface area contributed by atoms with Crippen LogP contribution in [0.5, 0.6) is 0 Å². The van der Waals surface area contributed by atoms with Crippen LogP contribution in [-0.2, 0) is 10.4 Å². The summed E-state index contributed by atoms with van der Waals surface area (Å²) in [5.74, 6) is 0.256. The number of aliphatic hydroxyl groups excluding tert-OH is 1. The minimum atomic E-state index is -4.79. The second kappa shape index (κ2) is 8.44. The third kappa shape index (κ3) is 4.19. The Bertz CT molecular complexity index is 1090. The molecule has 2 aliphatic rings. The van der Waals surface area contributed by atoms with E-state index in [4.69, 9.17) is 28.0 Å². The fourth-order valence-electron chi connectivity index (χ4n) is 3.58. The Morgan fingerprint density at radius 3 is 2.47 bits per heavy atom. The Morgan fingerprint density at radius 2 is 1.94 bits per heavy atom. The van der Waals surface area contributed by atoms with E-state index in [9.17, 15) is 23.1 Å². The van der Waals surface area contributed by atoms with Crippen LogP contribution >= 0.6 is 35.0 Å². The molecule has 170 valence electrons. The summed E-state index contributed by atoms with van der Waals surface area (Å²) in [6, 6.07) is 7.95. The topological polar surface area (TPSA) is 70.9 Å². The van der Waals surface area contributed by atoms with Crippen LogP contribution in [0.25, 0.3) is 0 Å². The SMILES string of the molecule is Cc1cc(C2=NOC(c3cc(Cl)cc(Cl)c3)(C(F)(F)F)C2)ccc1C(=O)NC1CSC1O. The molecule has 5 nitrogen and oxygen atoms in total. The van der Waals surface area contributed by atoms with Crippen LogP contribution in [-0.4, -0.2) is 40.1 Å². The van der Waals surface area contributed by atoms with Gasteiger partial charge >= 0.3 is 6.18 Å². The summed E-state index contributed by atoms with van der Waals surface area (Å²) in [5.41, 5.74) is -2.21. The molecular weight excluding hydrogens is 488 g/mol. The van der Waals surface area contributed by atoms with E-state index in [2.05, 4.69) is 10.5 Å². The van der Waals surface area contributed by atoms with Gasteiger partial charge in [-0.1, -0.05) is 34.4 Å². The van der Waals surface area contributed by atoms with Crippen LogP contribution < -0.4 is 5.32 Å². The van der Waals surface area contributed by atoms with E-state index >= 15 is 0 Å². The van der Waals surface area contributed by atoms with Crippen LogP contribution in [0.1, 0.15) is 33.5 Å². The quantitative estimate of drug-likeness (QED) is 0.611. The minimum absolute atomic E-state index is 0.0503. The van der Waals surface area contributed by atoms with Crippen molar-refractivity contribution in [3.05, 3.63) is 68.7 Å². The van der Waals surface area contributed by atoms with Crippen LogP contribution in [0, 0.1) is 6.92 Å². The Kier molecular flexibility index (Phi) is 6.13. The lowest BCUT2D eigenvalue weighted by atomic mass is 9.86. The molecular formula is C21H17Cl2F3N2O3S. The number of benzene rings is 2. The maximum atomic E-state index is 14.1. The first-order valence-electron chi connectivity index (χ1n) is 9.50. The zero-order valence-electron chi connectivity index (χ0n) is 16.5. The molecule has 4 rings (SSSR count). The van der Waals surface area contributed by atoms with Gasteiger partial charge in [-0.2, -0.15) is 13.2 Å². The van der Waals surface area contributed by atoms with Gasteiger partial charge in [0.25, 0.3) is 11.5 Å². The molecule has 11 heteroatoms. The fraction of sp³-hybridized carbons (Fsp3) is 0.333. The van der Waals surface area contributed by atoms with Gasteiger partial charge in [0.05, 0.1) is 11.8 Å². The van der Waals surface area contributed by atoms with Crippen molar-refractivity contribution >= 4 is 46.6 Å². The lowest BCUT2D eigenvalue weighted by Crippen LogP contribution is -2.50. The molecule has 3 unspecified atom stereocenters. The highest BCUT2D eigenvalue weighted by molar-refractivity contribution is 8.01. The van der Waals surface area contributed by atoms with Gasteiger partial charge in [-0.25, -0.2) is 0 Å². The van der Waals surface area contributed by atoms with Gasteiger partial charge in [0.1, 0.15) is 5.44 Å². The van der Waals surface area contributed by atoms with Crippen molar-refractivity contribution in [2.24, 2.45) is 5.16 Å². The number of hydrogen-bond donors (Lipinski definition) is 2. The monoisotopic (exact) mass is 504 g/mol. The van der Waals surface area contributed by atoms with Gasteiger partial charge in [0.2, 0.25) is 0 Å². The Morgan fingerprint density at radius 1 is 1.25 bits per heavy atom. The zero-order chi connectivity index (χ0) is 23.3. The molecule has 0 aromatic heterocycles. The molecule has 2 N–H and O–H groups in total.